The van der Waals surface area contributed by atoms with Crippen LogP contribution in [0.1, 0.15) is 22.3 Å². The van der Waals surface area contributed by atoms with E-state index in [0.717, 1.165) is 22.4 Å². The first-order valence-electron chi connectivity index (χ1n) is 11.0. The molecule has 5 aromatic rings. The molecule has 0 fully saturated rings. The molecule has 0 radical (unpaired) electrons. The second-order valence-electron chi connectivity index (χ2n) is 8.27. The summed E-state index contributed by atoms with van der Waals surface area (Å²) in [5, 5.41) is 11.5. The average Bonchev–Trinajstić information content (AvgIpc) is 2.83. The van der Waals surface area contributed by atoms with Crippen LogP contribution in [0.25, 0.3) is 21.5 Å². The van der Waals surface area contributed by atoms with Crippen molar-refractivity contribution < 1.29 is 0 Å². The minimum Gasteiger partial charge on any atom is -0.383 e. The second kappa shape index (κ2) is 8.74. The number of nitrogens with zero attached hydrogens (tertiary/aromatic N) is 3. The lowest BCUT2D eigenvalue weighted by atomic mass is 9.96. The van der Waals surface area contributed by atoms with Gasteiger partial charge in [-0.2, -0.15) is 0 Å². The van der Waals surface area contributed by atoms with Crippen LogP contribution in [0, 0.1) is 13.8 Å². The summed E-state index contributed by atoms with van der Waals surface area (Å²) in [5.41, 5.74) is 10.9. The minimum absolute atomic E-state index is 0.566. The van der Waals surface area contributed by atoms with Gasteiger partial charge in [-0.05, 0) is 70.5 Å². The maximum atomic E-state index is 6.07. The van der Waals surface area contributed by atoms with Crippen molar-refractivity contribution in [2.75, 3.05) is 16.4 Å². The van der Waals surface area contributed by atoms with E-state index in [4.69, 9.17) is 5.73 Å². The highest BCUT2D eigenvalue weighted by Gasteiger charge is 2.10. The predicted molar refractivity (Wildman–Crippen MR) is 136 cm³/mol. The predicted octanol–water partition coefficient (Wildman–Crippen LogP) is 5.60. The van der Waals surface area contributed by atoms with Crippen LogP contribution in [-0.4, -0.2) is 15.0 Å². The highest BCUT2D eigenvalue weighted by Crippen LogP contribution is 2.28. The lowest BCUT2D eigenvalue weighted by molar-refractivity contribution is 1.04. The van der Waals surface area contributed by atoms with Crippen molar-refractivity contribution in [1.29, 1.82) is 0 Å². The van der Waals surface area contributed by atoms with E-state index in [9.17, 15) is 0 Å². The number of nitrogens with two attached hydrogens (primary N) is 1. The van der Waals surface area contributed by atoms with Gasteiger partial charge in [0, 0.05) is 30.7 Å². The van der Waals surface area contributed by atoms with Crippen LogP contribution in [0.15, 0.2) is 73.2 Å². The van der Waals surface area contributed by atoms with Crippen molar-refractivity contribution in [3.05, 3.63) is 95.4 Å². The maximum Gasteiger partial charge on any atom is 0.131 e. The van der Waals surface area contributed by atoms with Gasteiger partial charge < -0.3 is 16.4 Å². The van der Waals surface area contributed by atoms with Crippen LogP contribution in [0.4, 0.5) is 17.5 Å². The molecule has 5 rings (SSSR count). The number of aromatic nitrogens is 3. The minimum atomic E-state index is 0.566. The van der Waals surface area contributed by atoms with Crippen molar-refractivity contribution in [2.24, 2.45) is 0 Å². The lowest BCUT2D eigenvalue weighted by Gasteiger charge is -2.15. The van der Waals surface area contributed by atoms with Crippen molar-refractivity contribution in [3.63, 3.8) is 0 Å². The van der Waals surface area contributed by atoms with Gasteiger partial charge in [-0.15, -0.1) is 0 Å². The molecule has 2 aromatic heterocycles. The first kappa shape index (κ1) is 20.7. The summed E-state index contributed by atoms with van der Waals surface area (Å²) in [6.45, 7) is 5.59. The molecule has 0 spiro atoms. The van der Waals surface area contributed by atoms with Gasteiger partial charge in [0.1, 0.15) is 23.8 Å². The Balaban J connectivity index is 1.29. The van der Waals surface area contributed by atoms with Gasteiger partial charge >= 0.3 is 0 Å². The Kier molecular flexibility index (Phi) is 5.48. The van der Waals surface area contributed by atoms with E-state index in [1.807, 2.05) is 12.1 Å². The zero-order valence-electron chi connectivity index (χ0n) is 18.8. The fraction of sp³-hybridized carbons (Fsp3) is 0.148. The summed E-state index contributed by atoms with van der Waals surface area (Å²) in [6.07, 6.45) is 3.34. The van der Waals surface area contributed by atoms with E-state index in [1.54, 1.807) is 12.5 Å². The zero-order valence-corrected chi connectivity index (χ0v) is 18.8. The number of fused-ring (bicyclic) bond motifs is 2. The Bertz CT molecular complexity index is 1460. The first-order valence-corrected chi connectivity index (χ1v) is 11.0. The molecule has 164 valence electrons. The van der Waals surface area contributed by atoms with Crippen LogP contribution in [0.5, 0.6) is 0 Å². The molecule has 0 unspecified atom stereocenters. The summed E-state index contributed by atoms with van der Waals surface area (Å²) >= 11 is 0. The molecule has 6 nitrogen and oxygen atoms in total. The second-order valence-corrected chi connectivity index (χ2v) is 8.27. The number of nitrogens with one attached hydrogen (secondary N) is 2. The van der Waals surface area contributed by atoms with Gasteiger partial charge in [-0.25, -0.2) is 15.0 Å². The molecule has 0 saturated heterocycles. The van der Waals surface area contributed by atoms with Crippen LogP contribution in [0.2, 0.25) is 0 Å². The third-order valence-electron chi connectivity index (χ3n) is 6.12. The summed E-state index contributed by atoms with van der Waals surface area (Å²) in [6, 6.07) is 20.9. The molecule has 0 aliphatic rings. The standard InChI is InChI=1S/C27H26N6/c1-17-11-23-22(9-10-29-27(23)28)18(2)24(17)15-31-26-13-25(32-16-33-26)30-14-19-7-8-20-5-3-4-6-21(20)12-19/h3-13,16H,14-15H2,1-2H3,(H2,28,29)(H2,30,31,32,33). The van der Waals surface area contributed by atoms with Crippen molar-refractivity contribution >= 4 is 39.0 Å². The molecule has 0 bridgehead atoms. The fourth-order valence-corrected chi connectivity index (χ4v) is 4.27. The van der Waals surface area contributed by atoms with Crippen molar-refractivity contribution in [1.82, 2.24) is 15.0 Å². The van der Waals surface area contributed by atoms with Gasteiger partial charge in [0.2, 0.25) is 0 Å². The SMILES string of the molecule is Cc1cc2c(N)nccc2c(C)c1CNc1cc(NCc2ccc3ccccc3c2)ncn1. The largest absolute Gasteiger partial charge is 0.383 e. The Morgan fingerprint density at radius 2 is 1.52 bits per heavy atom. The molecule has 0 amide bonds. The number of rotatable bonds is 6. The van der Waals surface area contributed by atoms with E-state index in [0.29, 0.717) is 18.9 Å². The highest BCUT2D eigenvalue weighted by molar-refractivity contribution is 5.94. The number of pyridine rings is 1. The molecular formula is C27H26N6. The molecule has 2 heterocycles. The van der Waals surface area contributed by atoms with Gasteiger partial charge in [-0.1, -0.05) is 36.4 Å². The normalized spacial score (nSPS) is 11.1. The summed E-state index contributed by atoms with van der Waals surface area (Å²) < 4.78 is 0. The topological polar surface area (TPSA) is 88.8 Å². The number of hydrogen-bond donors (Lipinski definition) is 3. The van der Waals surface area contributed by atoms with Crippen LogP contribution >= 0.6 is 0 Å². The summed E-state index contributed by atoms with van der Waals surface area (Å²) in [7, 11) is 0. The lowest BCUT2D eigenvalue weighted by Crippen LogP contribution is -2.07. The van der Waals surface area contributed by atoms with Crippen molar-refractivity contribution in [3.8, 4) is 0 Å². The summed E-state index contributed by atoms with van der Waals surface area (Å²) in [5.74, 6) is 2.13. The molecule has 0 aliphatic carbocycles. The summed E-state index contributed by atoms with van der Waals surface area (Å²) in [4.78, 5) is 13.0. The Morgan fingerprint density at radius 3 is 2.33 bits per heavy atom. The third-order valence-corrected chi connectivity index (χ3v) is 6.12. The molecule has 4 N–H and O–H groups in total. The molecule has 0 atom stereocenters. The first-order chi connectivity index (χ1) is 16.1. The number of hydrogen-bond acceptors (Lipinski definition) is 6. The van der Waals surface area contributed by atoms with E-state index >= 15 is 0 Å². The van der Waals surface area contributed by atoms with Crippen LogP contribution in [-0.2, 0) is 13.1 Å². The van der Waals surface area contributed by atoms with Gasteiger partial charge in [-0.3, -0.25) is 0 Å². The average molecular weight is 435 g/mol. The Hall–Kier alpha value is -4.19. The monoisotopic (exact) mass is 434 g/mol. The van der Waals surface area contributed by atoms with E-state index < -0.39 is 0 Å². The van der Waals surface area contributed by atoms with Gasteiger partial charge in [0.05, 0.1) is 0 Å². The maximum absolute atomic E-state index is 6.07. The van der Waals surface area contributed by atoms with E-state index in [2.05, 4.69) is 88.0 Å². The van der Waals surface area contributed by atoms with Gasteiger partial charge in [0.25, 0.3) is 0 Å². The zero-order chi connectivity index (χ0) is 22.8. The Labute approximate surface area is 192 Å². The fourth-order valence-electron chi connectivity index (χ4n) is 4.27. The number of anilines is 3. The molecular weight excluding hydrogens is 408 g/mol. The number of benzene rings is 3. The van der Waals surface area contributed by atoms with Crippen LogP contribution < -0.4 is 16.4 Å². The molecule has 0 aliphatic heterocycles. The third kappa shape index (κ3) is 4.28. The molecule has 3 aromatic carbocycles. The molecule has 0 saturated carbocycles. The number of aryl methyl sites for hydroxylation is 2. The Morgan fingerprint density at radius 1 is 0.758 bits per heavy atom. The molecule has 6 heteroatoms. The van der Waals surface area contributed by atoms with E-state index in [-0.39, 0.29) is 0 Å². The van der Waals surface area contributed by atoms with E-state index in [1.165, 1.54) is 33.0 Å². The van der Waals surface area contributed by atoms with Crippen LogP contribution in [0.3, 0.4) is 0 Å². The highest BCUT2D eigenvalue weighted by atomic mass is 15.1. The smallest absolute Gasteiger partial charge is 0.131 e. The van der Waals surface area contributed by atoms with Crippen molar-refractivity contribution in [2.45, 2.75) is 26.9 Å². The molecule has 33 heavy (non-hydrogen) atoms. The quantitative estimate of drug-likeness (QED) is 0.322. The number of nitrogen functional groups attached to an aromatic ring is 1. The van der Waals surface area contributed by atoms with Gasteiger partial charge in [0.15, 0.2) is 0 Å².